The molecule has 2 rings (SSSR count). The summed E-state index contributed by atoms with van der Waals surface area (Å²) in [6, 6.07) is 7.24. The maximum atomic E-state index is 12.0. The largest absolute Gasteiger partial charge is 0.382 e. The first-order valence-electron chi connectivity index (χ1n) is 5.55. The van der Waals surface area contributed by atoms with Gasteiger partial charge in [0.25, 0.3) is 5.91 Å². The molecule has 0 fully saturated rings. The molecule has 0 bridgehead atoms. The zero-order valence-corrected chi connectivity index (χ0v) is 10.3. The lowest BCUT2D eigenvalue weighted by molar-refractivity contribution is 0.0777. The van der Waals surface area contributed by atoms with Crippen LogP contribution in [0, 0.1) is 6.92 Å². The molecule has 6 heteroatoms. The van der Waals surface area contributed by atoms with E-state index < -0.39 is 0 Å². The number of carbonyl (C=O) groups excluding carboxylic acids is 1. The van der Waals surface area contributed by atoms with Gasteiger partial charge in [-0.3, -0.25) is 14.9 Å². The normalized spacial score (nSPS) is 10.3. The zero-order chi connectivity index (χ0) is 13.1. The SMILES string of the molecule is Cc1cccc(CN(C)C(=O)c2cc(N)n[nH]2)n1. The van der Waals surface area contributed by atoms with Gasteiger partial charge in [0.15, 0.2) is 0 Å². The van der Waals surface area contributed by atoms with Crippen molar-refractivity contribution in [2.24, 2.45) is 0 Å². The Morgan fingerprint density at radius 1 is 1.50 bits per heavy atom. The molecule has 1 amide bonds. The molecule has 3 N–H and O–H groups in total. The summed E-state index contributed by atoms with van der Waals surface area (Å²) in [4.78, 5) is 17.9. The van der Waals surface area contributed by atoms with Crippen LogP contribution >= 0.6 is 0 Å². The van der Waals surface area contributed by atoms with Crippen LogP contribution < -0.4 is 5.73 Å². The fourth-order valence-electron chi connectivity index (χ4n) is 1.65. The number of amides is 1. The molecule has 2 heterocycles. The highest BCUT2D eigenvalue weighted by atomic mass is 16.2. The molecular formula is C12H15N5O. The van der Waals surface area contributed by atoms with Crippen LogP contribution in [0.2, 0.25) is 0 Å². The minimum Gasteiger partial charge on any atom is -0.382 e. The molecule has 0 saturated carbocycles. The number of aromatic nitrogens is 3. The molecule has 18 heavy (non-hydrogen) atoms. The van der Waals surface area contributed by atoms with Gasteiger partial charge in [-0.05, 0) is 19.1 Å². The number of hydrogen-bond acceptors (Lipinski definition) is 4. The first-order valence-corrected chi connectivity index (χ1v) is 5.55. The maximum absolute atomic E-state index is 12.0. The van der Waals surface area contributed by atoms with Crippen molar-refractivity contribution < 1.29 is 4.79 Å². The van der Waals surface area contributed by atoms with Crippen molar-refractivity contribution in [3.05, 3.63) is 41.3 Å². The molecule has 94 valence electrons. The number of anilines is 1. The quantitative estimate of drug-likeness (QED) is 0.843. The second-order valence-electron chi connectivity index (χ2n) is 4.14. The van der Waals surface area contributed by atoms with Gasteiger partial charge in [0, 0.05) is 18.8 Å². The van der Waals surface area contributed by atoms with Crippen LogP contribution in [0.15, 0.2) is 24.3 Å². The predicted octanol–water partition coefficient (Wildman–Crippen LogP) is 0.968. The number of aryl methyl sites for hydroxylation is 1. The first kappa shape index (κ1) is 12.1. The van der Waals surface area contributed by atoms with Crippen LogP contribution in [0.3, 0.4) is 0 Å². The van der Waals surface area contributed by atoms with Crippen molar-refractivity contribution in [2.45, 2.75) is 13.5 Å². The molecule has 6 nitrogen and oxygen atoms in total. The molecule has 0 saturated heterocycles. The van der Waals surface area contributed by atoms with E-state index in [1.807, 2.05) is 25.1 Å². The second-order valence-corrected chi connectivity index (χ2v) is 4.14. The number of nitrogens with zero attached hydrogens (tertiary/aromatic N) is 3. The minimum absolute atomic E-state index is 0.164. The maximum Gasteiger partial charge on any atom is 0.272 e. The third-order valence-electron chi connectivity index (χ3n) is 2.52. The average Bonchev–Trinajstić information content (AvgIpc) is 2.75. The van der Waals surface area contributed by atoms with Crippen LogP contribution in [0.25, 0.3) is 0 Å². The molecule has 2 aromatic rings. The van der Waals surface area contributed by atoms with Crippen molar-refractivity contribution in [3.8, 4) is 0 Å². The monoisotopic (exact) mass is 245 g/mol. The van der Waals surface area contributed by atoms with Crippen LogP contribution in [-0.4, -0.2) is 33.0 Å². The summed E-state index contributed by atoms with van der Waals surface area (Å²) in [6.45, 7) is 2.36. The van der Waals surface area contributed by atoms with Crippen molar-refractivity contribution in [1.82, 2.24) is 20.1 Å². The first-order chi connectivity index (χ1) is 8.56. The Bertz CT molecular complexity index is 563. The van der Waals surface area contributed by atoms with E-state index in [9.17, 15) is 4.79 Å². The molecule has 0 atom stereocenters. The summed E-state index contributed by atoms with van der Waals surface area (Å²) in [6.07, 6.45) is 0. The lowest BCUT2D eigenvalue weighted by atomic mass is 10.3. The highest BCUT2D eigenvalue weighted by Gasteiger charge is 2.14. The number of nitrogens with two attached hydrogens (primary N) is 1. The number of nitrogens with one attached hydrogen (secondary N) is 1. The molecular weight excluding hydrogens is 230 g/mol. The molecule has 0 aliphatic heterocycles. The Balaban J connectivity index is 2.08. The number of carbonyl (C=O) groups is 1. The van der Waals surface area contributed by atoms with Gasteiger partial charge in [-0.15, -0.1) is 0 Å². The van der Waals surface area contributed by atoms with E-state index in [1.165, 1.54) is 6.07 Å². The van der Waals surface area contributed by atoms with Crippen LogP contribution in [0.5, 0.6) is 0 Å². The Morgan fingerprint density at radius 2 is 2.28 bits per heavy atom. The predicted molar refractivity (Wildman–Crippen MR) is 67.8 cm³/mol. The summed E-state index contributed by atoms with van der Waals surface area (Å²) in [7, 11) is 1.71. The van der Waals surface area contributed by atoms with E-state index >= 15 is 0 Å². The summed E-state index contributed by atoms with van der Waals surface area (Å²) in [5.41, 5.74) is 7.62. The number of aromatic amines is 1. The molecule has 0 spiro atoms. The van der Waals surface area contributed by atoms with Gasteiger partial charge in [0.2, 0.25) is 0 Å². The minimum atomic E-state index is -0.164. The number of pyridine rings is 1. The molecule has 0 unspecified atom stereocenters. The van der Waals surface area contributed by atoms with E-state index in [0.717, 1.165) is 11.4 Å². The van der Waals surface area contributed by atoms with Gasteiger partial charge < -0.3 is 10.6 Å². The number of nitrogen functional groups attached to an aromatic ring is 1. The van der Waals surface area contributed by atoms with Gasteiger partial charge in [0.05, 0.1) is 12.2 Å². The Morgan fingerprint density at radius 3 is 2.89 bits per heavy atom. The van der Waals surface area contributed by atoms with Gasteiger partial charge in [-0.25, -0.2) is 0 Å². The van der Waals surface area contributed by atoms with E-state index in [1.54, 1.807) is 11.9 Å². The smallest absolute Gasteiger partial charge is 0.272 e. The number of rotatable bonds is 3. The molecule has 0 aromatic carbocycles. The third-order valence-corrected chi connectivity index (χ3v) is 2.52. The number of hydrogen-bond donors (Lipinski definition) is 2. The summed E-state index contributed by atoms with van der Waals surface area (Å²) in [5, 5.41) is 6.33. The van der Waals surface area contributed by atoms with E-state index in [2.05, 4.69) is 15.2 Å². The lowest BCUT2D eigenvalue weighted by Crippen LogP contribution is -2.27. The van der Waals surface area contributed by atoms with Crippen molar-refractivity contribution >= 4 is 11.7 Å². The Kier molecular flexibility index (Phi) is 3.27. The fraction of sp³-hybridized carbons (Fsp3) is 0.250. The highest BCUT2D eigenvalue weighted by Crippen LogP contribution is 2.07. The van der Waals surface area contributed by atoms with E-state index in [0.29, 0.717) is 18.1 Å². The van der Waals surface area contributed by atoms with Crippen molar-refractivity contribution in [1.29, 1.82) is 0 Å². The molecule has 2 aromatic heterocycles. The van der Waals surface area contributed by atoms with Gasteiger partial charge in [-0.2, -0.15) is 5.10 Å². The van der Waals surface area contributed by atoms with E-state index in [-0.39, 0.29) is 5.91 Å². The van der Waals surface area contributed by atoms with Crippen LogP contribution in [-0.2, 0) is 6.54 Å². The Labute approximate surface area is 105 Å². The zero-order valence-electron chi connectivity index (χ0n) is 10.3. The molecule has 0 aliphatic carbocycles. The van der Waals surface area contributed by atoms with Crippen LogP contribution in [0.4, 0.5) is 5.82 Å². The highest BCUT2D eigenvalue weighted by molar-refractivity contribution is 5.92. The third kappa shape index (κ3) is 2.65. The topological polar surface area (TPSA) is 87.9 Å². The Hall–Kier alpha value is -2.37. The van der Waals surface area contributed by atoms with Gasteiger partial charge in [0.1, 0.15) is 11.5 Å². The number of H-pyrrole nitrogens is 1. The second kappa shape index (κ2) is 4.87. The van der Waals surface area contributed by atoms with Crippen molar-refractivity contribution in [2.75, 3.05) is 12.8 Å². The summed E-state index contributed by atoms with van der Waals surface area (Å²) in [5.74, 6) is 0.142. The average molecular weight is 245 g/mol. The van der Waals surface area contributed by atoms with Gasteiger partial charge in [-0.1, -0.05) is 6.07 Å². The molecule has 0 radical (unpaired) electrons. The molecule has 0 aliphatic rings. The van der Waals surface area contributed by atoms with Gasteiger partial charge >= 0.3 is 0 Å². The summed E-state index contributed by atoms with van der Waals surface area (Å²) >= 11 is 0. The van der Waals surface area contributed by atoms with Crippen LogP contribution in [0.1, 0.15) is 21.9 Å². The summed E-state index contributed by atoms with van der Waals surface area (Å²) < 4.78 is 0. The van der Waals surface area contributed by atoms with E-state index in [4.69, 9.17) is 5.73 Å². The fourth-order valence-corrected chi connectivity index (χ4v) is 1.65. The van der Waals surface area contributed by atoms with Crippen molar-refractivity contribution in [3.63, 3.8) is 0 Å². The standard InChI is InChI=1S/C12H15N5O/c1-8-4-3-5-9(14-8)7-17(2)12(18)10-6-11(13)16-15-10/h3-6H,7H2,1-2H3,(H3,13,15,16). The lowest BCUT2D eigenvalue weighted by Gasteiger charge is -2.15.